The van der Waals surface area contributed by atoms with Gasteiger partial charge in [0.2, 0.25) is 0 Å². The maximum Gasteiger partial charge on any atom is 0.256 e. The van der Waals surface area contributed by atoms with E-state index in [1.807, 2.05) is 0 Å². The van der Waals surface area contributed by atoms with E-state index in [9.17, 15) is 9.18 Å². The van der Waals surface area contributed by atoms with Gasteiger partial charge in [-0.05, 0) is 44.6 Å². The van der Waals surface area contributed by atoms with E-state index < -0.39 is 5.82 Å². The van der Waals surface area contributed by atoms with E-state index in [-0.39, 0.29) is 11.5 Å². The number of thiol groups is 1. The summed E-state index contributed by atoms with van der Waals surface area (Å²) >= 11 is 4.15. The molecule has 0 saturated carbocycles. The third-order valence-corrected chi connectivity index (χ3v) is 3.96. The number of rotatable bonds is 3. The van der Waals surface area contributed by atoms with Crippen LogP contribution in [-0.4, -0.2) is 48.9 Å². The molecule has 0 spiro atoms. The number of carbonyl (C=O) groups is 1. The van der Waals surface area contributed by atoms with Gasteiger partial charge in [0.15, 0.2) is 0 Å². The predicted molar refractivity (Wildman–Crippen MR) is 76.3 cm³/mol. The van der Waals surface area contributed by atoms with Crippen LogP contribution in [-0.2, 0) is 0 Å². The minimum atomic E-state index is -0.491. The van der Waals surface area contributed by atoms with Crippen molar-refractivity contribution in [3.63, 3.8) is 0 Å². The molecule has 1 aromatic rings. The summed E-state index contributed by atoms with van der Waals surface area (Å²) in [6.45, 7) is 1.69. The molecule has 0 aromatic heterocycles. The molecular weight excluding hydrogens is 263 g/mol. The van der Waals surface area contributed by atoms with Gasteiger partial charge in [0.05, 0.1) is 5.56 Å². The predicted octanol–water partition coefficient (Wildman–Crippen LogP) is 2.28. The second kappa shape index (κ2) is 5.92. The Kier molecular flexibility index (Phi) is 4.47. The van der Waals surface area contributed by atoms with Crippen LogP contribution < -0.4 is 0 Å². The Balaban J connectivity index is 2.08. The molecule has 19 heavy (non-hydrogen) atoms. The first kappa shape index (κ1) is 14.3. The highest BCUT2D eigenvalue weighted by molar-refractivity contribution is 7.80. The van der Waals surface area contributed by atoms with Gasteiger partial charge < -0.3 is 9.80 Å². The van der Waals surface area contributed by atoms with Crippen molar-refractivity contribution in [2.45, 2.75) is 23.8 Å². The molecular formula is C14H19FN2OS. The highest BCUT2D eigenvalue weighted by Crippen LogP contribution is 2.18. The van der Waals surface area contributed by atoms with Gasteiger partial charge in [0.1, 0.15) is 5.82 Å². The summed E-state index contributed by atoms with van der Waals surface area (Å²) in [6, 6.07) is 4.68. The van der Waals surface area contributed by atoms with Crippen LogP contribution in [0.1, 0.15) is 23.2 Å². The normalized spacial score (nSPS) is 19.7. The first-order chi connectivity index (χ1) is 8.99. The number of likely N-dealkylation sites (N-methyl/N-ethyl adjacent to an activating group) is 2. The quantitative estimate of drug-likeness (QED) is 0.860. The number of benzene rings is 1. The smallest absolute Gasteiger partial charge is 0.256 e. The topological polar surface area (TPSA) is 23.6 Å². The fourth-order valence-electron chi connectivity index (χ4n) is 2.49. The van der Waals surface area contributed by atoms with Gasteiger partial charge in [-0.15, -0.1) is 12.6 Å². The average molecular weight is 282 g/mol. The number of halogens is 1. The highest BCUT2D eigenvalue weighted by Gasteiger charge is 2.25. The second-order valence-electron chi connectivity index (χ2n) is 5.13. The van der Waals surface area contributed by atoms with Crippen molar-refractivity contribution in [3.8, 4) is 0 Å². The van der Waals surface area contributed by atoms with Crippen LogP contribution in [0.4, 0.5) is 4.39 Å². The molecule has 1 aromatic carbocycles. The Morgan fingerprint density at radius 1 is 1.58 bits per heavy atom. The fraction of sp³-hybridized carbons (Fsp3) is 0.500. The lowest BCUT2D eigenvalue weighted by atomic mass is 10.1. The Labute approximate surface area is 118 Å². The van der Waals surface area contributed by atoms with Crippen LogP contribution >= 0.6 is 12.6 Å². The Bertz CT molecular complexity index is 481. The molecule has 2 rings (SSSR count). The van der Waals surface area contributed by atoms with Crippen molar-refractivity contribution in [2.75, 3.05) is 27.2 Å². The molecule has 5 heteroatoms. The van der Waals surface area contributed by atoms with Gasteiger partial charge in [0.25, 0.3) is 5.91 Å². The minimum absolute atomic E-state index is 0.0932. The molecule has 1 aliphatic rings. The highest BCUT2D eigenvalue weighted by atomic mass is 32.1. The zero-order valence-electron chi connectivity index (χ0n) is 11.3. The molecule has 0 aliphatic carbocycles. The summed E-state index contributed by atoms with van der Waals surface area (Å²) in [4.78, 5) is 16.7. The largest absolute Gasteiger partial charge is 0.340 e. The van der Waals surface area contributed by atoms with Crippen molar-refractivity contribution in [2.24, 2.45) is 0 Å². The van der Waals surface area contributed by atoms with Gasteiger partial charge in [0, 0.05) is 24.5 Å². The first-order valence-corrected chi connectivity index (χ1v) is 6.88. The molecule has 104 valence electrons. The third-order valence-electron chi connectivity index (χ3n) is 3.68. The molecule has 1 fully saturated rings. The third kappa shape index (κ3) is 3.28. The van der Waals surface area contributed by atoms with Crippen molar-refractivity contribution in [1.82, 2.24) is 9.80 Å². The number of likely N-dealkylation sites (tertiary alicyclic amines) is 1. The zero-order valence-corrected chi connectivity index (χ0v) is 12.2. The minimum Gasteiger partial charge on any atom is -0.340 e. The summed E-state index contributed by atoms with van der Waals surface area (Å²) in [5, 5.41) is 0. The van der Waals surface area contributed by atoms with E-state index in [4.69, 9.17) is 0 Å². The maximum atomic E-state index is 13.7. The van der Waals surface area contributed by atoms with Gasteiger partial charge in [-0.25, -0.2) is 4.39 Å². The van der Waals surface area contributed by atoms with Crippen LogP contribution in [0, 0.1) is 5.82 Å². The molecule has 1 unspecified atom stereocenters. The molecule has 1 saturated heterocycles. The number of carbonyl (C=O) groups excluding carboxylic acids is 1. The van der Waals surface area contributed by atoms with E-state index in [1.165, 1.54) is 12.1 Å². The van der Waals surface area contributed by atoms with Crippen LogP contribution in [0.2, 0.25) is 0 Å². The van der Waals surface area contributed by atoms with Crippen LogP contribution in [0.5, 0.6) is 0 Å². The summed E-state index contributed by atoms with van der Waals surface area (Å²) in [5.74, 6) is -0.775. The van der Waals surface area contributed by atoms with Gasteiger partial charge >= 0.3 is 0 Å². The molecule has 1 aliphatic heterocycles. The monoisotopic (exact) mass is 282 g/mol. The standard InChI is InChI=1S/C14H19FN2OS/c1-16-7-3-4-10(16)9-17(2)14(18)12-8-11(19)5-6-13(12)15/h5-6,8,10,19H,3-4,7,9H2,1-2H3. The Morgan fingerprint density at radius 3 is 2.95 bits per heavy atom. The Morgan fingerprint density at radius 2 is 2.32 bits per heavy atom. The van der Waals surface area contributed by atoms with Gasteiger partial charge in [-0.3, -0.25) is 4.79 Å². The van der Waals surface area contributed by atoms with E-state index in [2.05, 4.69) is 24.6 Å². The zero-order chi connectivity index (χ0) is 14.0. The summed E-state index contributed by atoms with van der Waals surface area (Å²) in [5.41, 5.74) is 0.0932. The lowest BCUT2D eigenvalue weighted by Gasteiger charge is -2.26. The van der Waals surface area contributed by atoms with Gasteiger partial charge in [-0.2, -0.15) is 0 Å². The Hall–Kier alpha value is -1.07. The second-order valence-corrected chi connectivity index (χ2v) is 5.64. The number of amides is 1. The van der Waals surface area contributed by atoms with E-state index in [1.54, 1.807) is 18.0 Å². The number of hydrogen-bond acceptors (Lipinski definition) is 3. The lowest BCUT2D eigenvalue weighted by molar-refractivity contribution is 0.0756. The molecule has 0 radical (unpaired) electrons. The van der Waals surface area contributed by atoms with E-state index >= 15 is 0 Å². The van der Waals surface area contributed by atoms with E-state index in [0.717, 1.165) is 19.4 Å². The molecule has 0 bridgehead atoms. The summed E-state index contributed by atoms with van der Waals surface area (Å²) < 4.78 is 13.7. The first-order valence-electron chi connectivity index (χ1n) is 6.43. The lowest BCUT2D eigenvalue weighted by Crippen LogP contribution is -2.39. The molecule has 1 atom stereocenters. The fourth-order valence-corrected chi connectivity index (χ4v) is 2.70. The summed E-state index contributed by atoms with van der Waals surface area (Å²) in [6.07, 6.45) is 2.24. The summed E-state index contributed by atoms with van der Waals surface area (Å²) in [7, 11) is 3.78. The van der Waals surface area contributed by atoms with Crippen molar-refractivity contribution >= 4 is 18.5 Å². The molecule has 3 nitrogen and oxygen atoms in total. The molecule has 1 amide bonds. The van der Waals surface area contributed by atoms with Gasteiger partial charge in [-0.1, -0.05) is 0 Å². The average Bonchev–Trinajstić information content (AvgIpc) is 2.77. The van der Waals surface area contributed by atoms with Crippen molar-refractivity contribution < 1.29 is 9.18 Å². The number of hydrogen-bond donors (Lipinski definition) is 1. The SMILES string of the molecule is CN(CC1CCCN1C)C(=O)c1cc(S)ccc1F. The molecule has 0 N–H and O–H groups in total. The maximum absolute atomic E-state index is 13.7. The van der Waals surface area contributed by atoms with Crippen LogP contribution in [0.25, 0.3) is 0 Å². The van der Waals surface area contributed by atoms with E-state index in [0.29, 0.717) is 17.5 Å². The van der Waals surface area contributed by atoms with Crippen molar-refractivity contribution in [1.29, 1.82) is 0 Å². The van der Waals surface area contributed by atoms with Crippen molar-refractivity contribution in [3.05, 3.63) is 29.6 Å². The number of nitrogens with zero attached hydrogens (tertiary/aromatic N) is 2. The molecule has 1 heterocycles. The van der Waals surface area contributed by atoms with Crippen LogP contribution in [0.3, 0.4) is 0 Å². The van der Waals surface area contributed by atoms with Crippen LogP contribution in [0.15, 0.2) is 23.1 Å².